The molecule has 4 nitrogen and oxygen atoms in total. The first kappa shape index (κ1) is 13.1. The lowest BCUT2D eigenvalue weighted by atomic mass is 10.1. The number of thiophene rings is 1. The fourth-order valence-electron chi connectivity index (χ4n) is 1.98. The first-order chi connectivity index (χ1) is 9.54. The first-order valence-electron chi connectivity index (χ1n) is 5.96. The molecular weight excluding hydrogens is 294 g/mol. The van der Waals surface area contributed by atoms with E-state index in [1.807, 2.05) is 31.2 Å². The summed E-state index contributed by atoms with van der Waals surface area (Å²) in [4.78, 5) is 23.9. The van der Waals surface area contributed by atoms with Gasteiger partial charge in [-0.1, -0.05) is 41.2 Å². The normalized spacial score (nSPS) is 11.1. The number of nitrogens with zero attached hydrogens (tertiary/aromatic N) is 1. The number of carbonyl (C=O) groups is 1. The van der Waals surface area contributed by atoms with E-state index in [1.54, 1.807) is 10.6 Å². The van der Waals surface area contributed by atoms with Gasteiger partial charge in [-0.2, -0.15) is 0 Å². The van der Waals surface area contributed by atoms with Crippen LogP contribution in [-0.4, -0.2) is 15.6 Å². The zero-order valence-electron chi connectivity index (χ0n) is 10.6. The lowest BCUT2D eigenvalue weighted by Gasteiger charge is -2.03. The van der Waals surface area contributed by atoms with E-state index in [0.717, 1.165) is 37.8 Å². The second kappa shape index (κ2) is 4.88. The van der Waals surface area contributed by atoms with E-state index in [0.29, 0.717) is 6.54 Å². The number of hydrogen-bond acceptors (Lipinski definition) is 4. The van der Waals surface area contributed by atoms with Crippen molar-refractivity contribution in [2.45, 2.75) is 13.5 Å². The van der Waals surface area contributed by atoms with Gasteiger partial charge in [-0.25, -0.2) is 4.79 Å². The number of carboxylic acid groups (broad SMARTS) is 1. The van der Waals surface area contributed by atoms with Crippen LogP contribution in [0.3, 0.4) is 0 Å². The van der Waals surface area contributed by atoms with E-state index in [9.17, 15) is 9.59 Å². The predicted molar refractivity (Wildman–Crippen MR) is 81.2 cm³/mol. The van der Waals surface area contributed by atoms with Crippen molar-refractivity contribution in [1.29, 1.82) is 0 Å². The highest BCUT2D eigenvalue weighted by Crippen LogP contribution is 2.28. The van der Waals surface area contributed by atoms with Gasteiger partial charge in [-0.3, -0.25) is 9.36 Å². The molecule has 0 amide bonds. The van der Waals surface area contributed by atoms with E-state index < -0.39 is 5.97 Å². The molecular formula is C14H11NO3S2. The van der Waals surface area contributed by atoms with Crippen molar-refractivity contribution in [3.63, 3.8) is 0 Å². The molecule has 0 aliphatic heterocycles. The second-order valence-electron chi connectivity index (χ2n) is 4.52. The van der Waals surface area contributed by atoms with Crippen molar-refractivity contribution >= 4 is 38.2 Å². The summed E-state index contributed by atoms with van der Waals surface area (Å²) in [7, 11) is 0. The van der Waals surface area contributed by atoms with Crippen LogP contribution < -0.4 is 4.87 Å². The van der Waals surface area contributed by atoms with E-state index in [4.69, 9.17) is 5.11 Å². The molecule has 0 saturated carbocycles. The standard InChI is InChI=1S/C14H11NO3S2/c1-8-2-4-9(5-3-8)7-15-12-10(20-14(15)18)6-11(19-12)13(16)17/h2-6H,7H2,1H3,(H,16,17). The fourth-order valence-corrected chi connectivity index (χ4v) is 4.08. The minimum atomic E-state index is -0.951. The zero-order chi connectivity index (χ0) is 14.3. The fraction of sp³-hybridized carbons (Fsp3) is 0.143. The van der Waals surface area contributed by atoms with Gasteiger partial charge in [0, 0.05) is 0 Å². The van der Waals surface area contributed by atoms with Crippen LogP contribution >= 0.6 is 22.7 Å². The topological polar surface area (TPSA) is 59.3 Å². The minimum Gasteiger partial charge on any atom is -0.477 e. The predicted octanol–water partition coefficient (Wildman–Crippen LogP) is 3.18. The van der Waals surface area contributed by atoms with Gasteiger partial charge in [0.2, 0.25) is 0 Å². The Morgan fingerprint density at radius 1 is 1.25 bits per heavy atom. The molecule has 1 aromatic carbocycles. The third-order valence-electron chi connectivity index (χ3n) is 3.01. The van der Waals surface area contributed by atoms with Crippen LogP contribution in [0, 0.1) is 6.92 Å². The molecule has 0 radical (unpaired) electrons. The maximum absolute atomic E-state index is 12.0. The third-order valence-corrected chi connectivity index (χ3v) is 5.22. The molecule has 20 heavy (non-hydrogen) atoms. The maximum atomic E-state index is 12.0. The minimum absolute atomic E-state index is 0.0521. The molecule has 2 heterocycles. The largest absolute Gasteiger partial charge is 0.477 e. The molecule has 0 atom stereocenters. The van der Waals surface area contributed by atoms with Crippen LogP contribution in [0.2, 0.25) is 0 Å². The molecule has 2 aromatic heterocycles. The van der Waals surface area contributed by atoms with E-state index in [1.165, 1.54) is 5.56 Å². The van der Waals surface area contributed by atoms with E-state index >= 15 is 0 Å². The highest BCUT2D eigenvalue weighted by Gasteiger charge is 2.15. The highest BCUT2D eigenvalue weighted by atomic mass is 32.1. The van der Waals surface area contributed by atoms with Gasteiger partial charge in [-0.05, 0) is 18.6 Å². The van der Waals surface area contributed by atoms with Gasteiger partial charge in [0.1, 0.15) is 9.71 Å². The van der Waals surface area contributed by atoms with Crippen molar-refractivity contribution < 1.29 is 9.90 Å². The number of hydrogen-bond donors (Lipinski definition) is 1. The first-order valence-corrected chi connectivity index (χ1v) is 7.60. The summed E-state index contributed by atoms with van der Waals surface area (Å²) in [5.74, 6) is -0.951. The molecule has 102 valence electrons. The summed E-state index contributed by atoms with van der Waals surface area (Å²) in [6, 6.07) is 9.54. The molecule has 0 fully saturated rings. The van der Waals surface area contributed by atoms with Crippen molar-refractivity contribution in [3.05, 3.63) is 56.0 Å². The Labute approximate surface area is 122 Å². The Hall–Kier alpha value is -1.92. The van der Waals surface area contributed by atoms with Crippen molar-refractivity contribution in [1.82, 2.24) is 4.57 Å². The van der Waals surface area contributed by atoms with Crippen LogP contribution in [0.15, 0.2) is 35.1 Å². The van der Waals surface area contributed by atoms with Gasteiger partial charge in [0.25, 0.3) is 0 Å². The van der Waals surface area contributed by atoms with Crippen molar-refractivity contribution in [2.75, 3.05) is 0 Å². The molecule has 0 aliphatic rings. The second-order valence-corrected chi connectivity index (χ2v) is 6.55. The van der Waals surface area contributed by atoms with Crippen LogP contribution in [0.5, 0.6) is 0 Å². The average Bonchev–Trinajstić information content (AvgIpc) is 2.92. The number of aryl methyl sites for hydroxylation is 1. The molecule has 0 aliphatic carbocycles. The number of thiazole rings is 1. The van der Waals surface area contributed by atoms with Gasteiger partial charge >= 0.3 is 10.8 Å². The Balaban J connectivity index is 2.05. The molecule has 1 N–H and O–H groups in total. The summed E-state index contributed by atoms with van der Waals surface area (Å²) in [5.41, 5.74) is 2.20. The molecule has 0 bridgehead atoms. The number of aromatic carboxylic acids is 1. The van der Waals surface area contributed by atoms with E-state index in [2.05, 4.69) is 0 Å². The molecule has 0 saturated heterocycles. The Morgan fingerprint density at radius 3 is 2.60 bits per heavy atom. The summed E-state index contributed by atoms with van der Waals surface area (Å²) < 4.78 is 2.38. The van der Waals surface area contributed by atoms with E-state index in [-0.39, 0.29) is 9.75 Å². The van der Waals surface area contributed by atoms with Gasteiger partial charge < -0.3 is 5.11 Å². The number of aromatic nitrogens is 1. The number of rotatable bonds is 3. The molecule has 0 spiro atoms. The summed E-state index contributed by atoms with van der Waals surface area (Å²) in [6.45, 7) is 2.48. The Morgan fingerprint density at radius 2 is 1.95 bits per heavy atom. The van der Waals surface area contributed by atoms with Gasteiger partial charge in [0.05, 0.1) is 11.2 Å². The number of carboxylic acids is 1. The van der Waals surface area contributed by atoms with Crippen molar-refractivity contribution in [3.8, 4) is 0 Å². The van der Waals surface area contributed by atoms with Gasteiger partial charge in [0.15, 0.2) is 0 Å². The van der Waals surface area contributed by atoms with Crippen molar-refractivity contribution in [2.24, 2.45) is 0 Å². The lowest BCUT2D eigenvalue weighted by molar-refractivity contribution is 0.0702. The molecule has 3 aromatic rings. The van der Waals surface area contributed by atoms with Gasteiger partial charge in [-0.15, -0.1) is 11.3 Å². The molecule has 0 unspecified atom stereocenters. The summed E-state index contributed by atoms with van der Waals surface area (Å²) in [5, 5.41) is 9.01. The van der Waals surface area contributed by atoms with Crippen LogP contribution in [0.4, 0.5) is 0 Å². The number of fused-ring (bicyclic) bond motifs is 1. The monoisotopic (exact) mass is 305 g/mol. The lowest BCUT2D eigenvalue weighted by Crippen LogP contribution is -2.13. The summed E-state index contributed by atoms with van der Waals surface area (Å²) >= 11 is 2.24. The van der Waals surface area contributed by atoms with Crippen LogP contribution in [0.25, 0.3) is 9.53 Å². The average molecular weight is 305 g/mol. The van der Waals surface area contributed by atoms with Crippen LogP contribution in [0.1, 0.15) is 20.8 Å². The SMILES string of the molecule is Cc1ccc(Cn2c(=O)sc3cc(C(=O)O)sc32)cc1. The third kappa shape index (κ3) is 2.28. The highest BCUT2D eigenvalue weighted by molar-refractivity contribution is 7.27. The Bertz CT molecular complexity index is 840. The maximum Gasteiger partial charge on any atom is 0.345 e. The summed E-state index contributed by atoms with van der Waals surface area (Å²) in [6.07, 6.45) is 0. The number of benzene rings is 1. The van der Waals surface area contributed by atoms with Crippen LogP contribution in [-0.2, 0) is 6.54 Å². The smallest absolute Gasteiger partial charge is 0.345 e. The quantitative estimate of drug-likeness (QED) is 0.808. The zero-order valence-corrected chi connectivity index (χ0v) is 12.3. The molecule has 3 rings (SSSR count). The Kier molecular flexibility index (Phi) is 3.19. The molecule has 6 heteroatoms.